The fraction of sp³-hybridized carbons (Fsp3) is 0.160. The Labute approximate surface area is 196 Å². The monoisotopic (exact) mass is 460 g/mol. The van der Waals surface area contributed by atoms with Crippen LogP contribution in [0.3, 0.4) is 0 Å². The number of nitrogens with zero attached hydrogens (tertiary/aromatic N) is 3. The molecule has 0 saturated heterocycles. The Kier molecular flexibility index (Phi) is 6.97. The van der Waals surface area contributed by atoms with E-state index >= 15 is 0 Å². The summed E-state index contributed by atoms with van der Waals surface area (Å²) in [6.45, 7) is 3.94. The molecule has 4 rings (SSSR count). The molecule has 7 heteroatoms. The molecule has 1 atom stereocenters. The summed E-state index contributed by atoms with van der Waals surface area (Å²) in [4.78, 5) is 15.1. The smallest absolute Gasteiger partial charge is 0.237 e. The highest BCUT2D eigenvalue weighted by Crippen LogP contribution is 2.34. The van der Waals surface area contributed by atoms with Crippen molar-refractivity contribution < 1.29 is 4.79 Å². The molecule has 0 saturated carbocycles. The van der Waals surface area contributed by atoms with E-state index in [-0.39, 0.29) is 11.2 Å². The molecule has 162 valence electrons. The van der Waals surface area contributed by atoms with Crippen molar-refractivity contribution in [3.63, 3.8) is 0 Å². The number of nitrogens with one attached hydrogen (secondary N) is 1. The number of benzene rings is 3. The zero-order valence-electron chi connectivity index (χ0n) is 18.1. The van der Waals surface area contributed by atoms with Gasteiger partial charge in [-0.3, -0.25) is 4.79 Å². The third-order valence-corrected chi connectivity index (χ3v) is 7.21. The lowest BCUT2D eigenvalue weighted by Gasteiger charge is -2.14. The van der Waals surface area contributed by atoms with Crippen LogP contribution in [0.1, 0.15) is 12.5 Å². The molecule has 0 bridgehead atoms. The van der Waals surface area contributed by atoms with E-state index in [1.807, 2.05) is 79.2 Å². The van der Waals surface area contributed by atoms with Gasteiger partial charge in [0.05, 0.1) is 10.9 Å². The Morgan fingerprint density at radius 3 is 2.41 bits per heavy atom. The summed E-state index contributed by atoms with van der Waals surface area (Å²) in [5.41, 5.74) is 2.98. The van der Waals surface area contributed by atoms with Crippen LogP contribution in [0.15, 0.2) is 93.8 Å². The molecular weight excluding hydrogens is 436 g/mol. The fourth-order valence-corrected chi connectivity index (χ4v) is 4.93. The van der Waals surface area contributed by atoms with Crippen LogP contribution in [-0.4, -0.2) is 25.9 Å². The SMILES string of the molecule is Cc1ccccc1-c1nnc(SC(C)C(=O)Nc2ccccc2Sc2ccccc2)n1C. The van der Waals surface area contributed by atoms with Crippen LogP contribution in [-0.2, 0) is 11.8 Å². The Morgan fingerprint density at radius 2 is 1.62 bits per heavy atom. The minimum Gasteiger partial charge on any atom is -0.324 e. The zero-order valence-corrected chi connectivity index (χ0v) is 19.8. The van der Waals surface area contributed by atoms with Crippen molar-refractivity contribution in [2.24, 2.45) is 7.05 Å². The van der Waals surface area contributed by atoms with Gasteiger partial charge in [0.2, 0.25) is 5.91 Å². The van der Waals surface area contributed by atoms with Crippen LogP contribution in [0.2, 0.25) is 0 Å². The van der Waals surface area contributed by atoms with Crippen LogP contribution in [0, 0.1) is 6.92 Å². The number of carbonyl (C=O) groups is 1. The number of hydrogen-bond donors (Lipinski definition) is 1. The third kappa shape index (κ3) is 5.06. The molecule has 0 aliphatic heterocycles. The number of carbonyl (C=O) groups excluding carboxylic acids is 1. The largest absolute Gasteiger partial charge is 0.324 e. The van der Waals surface area contributed by atoms with E-state index in [9.17, 15) is 4.79 Å². The minimum absolute atomic E-state index is 0.0726. The van der Waals surface area contributed by atoms with Crippen molar-refractivity contribution in [1.29, 1.82) is 0 Å². The number of para-hydroxylation sites is 1. The second kappa shape index (κ2) is 10.1. The molecule has 1 N–H and O–H groups in total. The van der Waals surface area contributed by atoms with E-state index in [4.69, 9.17) is 0 Å². The topological polar surface area (TPSA) is 59.8 Å². The highest BCUT2D eigenvalue weighted by molar-refractivity contribution is 8.00. The third-order valence-electron chi connectivity index (χ3n) is 4.99. The van der Waals surface area contributed by atoms with Crippen LogP contribution in [0.5, 0.6) is 0 Å². The summed E-state index contributed by atoms with van der Waals surface area (Å²) in [5.74, 6) is 0.722. The van der Waals surface area contributed by atoms with E-state index in [2.05, 4.69) is 40.6 Å². The summed E-state index contributed by atoms with van der Waals surface area (Å²) in [6.07, 6.45) is 0. The predicted molar refractivity (Wildman–Crippen MR) is 132 cm³/mol. The second-order valence-corrected chi connectivity index (χ2v) is 9.76. The standard InChI is InChI=1S/C25H24N4OS2/c1-17-11-7-8-14-20(17)23-27-28-25(29(23)3)31-18(2)24(30)26-21-15-9-10-16-22(21)32-19-12-5-4-6-13-19/h4-16,18H,1-3H3,(H,26,30). The zero-order chi connectivity index (χ0) is 22.5. The summed E-state index contributed by atoms with van der Waals surface area (Å²) in [5, 5.41) is 12.1. The Morgan fingerprint density at radius 1 is 0.938 bits per heavy atom. The van der Waals surface area contributed by atoms with Crippen LogP contribution in [0.4, 0.5) is 5.69 Å². The summed E-state index contributed by atoms with van der Waals surface area (Å²) in [6, 6.07) is 26.1. The first-order valence-corrected chi connectivity index (χ1v) is 12.0. The summed E-state index contributed by atoms with van der Waals surface area (Å²) in [7, 11) is 1.93. The van der Waals surface area contributed by atoms with Gasteiger partial charge < -0.3 is 9.88 Å². The molecule has 3 aromatic carbocycles. The Bertz CT molecular complexity index is 1220. The lowest BCUT2D eigenvalue weighted by molar-refractivity contribution is -0.115. The normalized spacial score (nSPS) is 11.8. The van der Waals surface area contributed by atoms with E-state index in [0.29, 0.717) is 5.16 Å². The molecule has 0 aliphatic rings. The molecule has 1 unspecified atom stereocenters. The van der Waals surface area contributed by atoms with Crippen molar-refractivity contribution in [3.8, 4) is 11.4 Å². The van der Waals surface area contributed by atoms with Gasteiger partial charge in [0.25, 0.3) is 0 Å². The van der Waals surface area contributed by atoms with Gasteiger partial charge in [-0.2, -0.15) is 0 Å². The van der Waals surface area contributed by atoms with Crippen molar-refractivity contribution in [2.75, 3.05) is 5.32 Å². The number of rotatable bonds is 7. The molecule has 0 aliphatic carbocycles. The van der Waals surface area contributed by atoms with Gasteiger partial charge in [-0.1, -0.05) is 78.1 Å². The van der Waals surface area contributed by atoms with Gasteiger partial charge in [0.1, 0.15) is 0 Å². The minimum atomic E-state index is -0.336. The maximum absolute atomic E-state index is 13.0. The van der Waals surface area contributed by atoms with Gasteiger partial charge >= 0.3 is 0 Å². The lowest BCUT2D eigenvalue weighted by Crippen LogP contribution is -2.23. The maximum Gasteiger partial charge on any atom is 0.237 e. The van der Waals surface area contributed by atoms with E-state index in [1.165, 1.54) is 11.8 Å². The second-order valence-electron chi connectivity index (χ2n) is 7.34. The van der Waals surface area contributed by atoms with Crippen molar-refractivity contribution in [1.82, 2.24) is 14.8 Å². The molecule has 5 nitrogen and oxygen atoms in total. The van der Waals surface area contributed by atoms with Crippen LogP contribution >= 0.6 is 23.5 Å². The summed E-state index contributed by atoms with van der Waals surface area (Å²) >= 11 is 3.03. The van der Waals surface area contributed by atoms with Gasteiger partial charge in [0, 0.05) is 22.4 Å². The molecule has 1 aromatic heterocycles. The average Bonchev–Trinajstić information content (AvgIpc) is 3.16. The van der Waals surface area contributed by atoms with Crippen molar-refractivity contribution >= 4 is 35.1 Å². The van der Waals surface area contributed by atoms with E-state index in [0.717, 1.165) is 32.4 Å². The summed E-state index contributed by atoms with van der Waals surface area (Å²) < 4.78 is 1.94. The van der Waals surface area contributed by atoms with Gasteiger partial charge in [-0.15, -0.1) is 10.2 Å². The number of thioether (sulfide) groups is 1. The van der Waals surface area contributed by atoms with Gasteiger partial charge in [-0.25, -0.2) is 0 Å². The lowest BCUT2D eigenvalue weighted by atomic mass is 10.1. The maximum atomic E-state index is 13.0. The number of aromatic nitrogens is 3. The molecule has 1 amide bonds. The van der Waals surface area contributed by atoms with Crippen LogP contribution in [0.25, 0.3) is 11.4 Å². The quantitative estimate of drug-likeness (QED) is 0.340. The fourth-order valence-electron chi connectivity index (χ4n) is 3.20. The molecule has 0 spiro atoms. The predicted octanol–water partition coefficient (Wildman–Crippen LogP) is 6.06. The molecular formula is C25H24N4OS2. The van der Waals surface area contributed by atoms with Gasteiger partial charge in [0.15, 0.2) is 11.0 Å². The number of amides is 1. The molecule has 1 heterocycles. The molecule has 4 aromatic rings. The molecule has 0 radical (unpaired) electrons. The van der Waals surface area contributed by atoms with Gasteiger partial charge in [-0.05, 0) is 43.7 Å². The van der Waals surface area contributed by atoms with Crippen molar-refractivity contribution in [3.05, 3.63) is 84.4 Å². The first-order chi connectivity index (χ1) is 15.5. The van der Waals surface area contributed by atoms with E-state index < -0.39 is 0 Å². The Balaban J connectivity index is 1.46. The number of hydrogen-bond acceptors (Lipinski definition) is 5. The van der Waals surface area contributed by atoms with E-state index in [1.54, 1.807) is 11.8 Å². The first kappa shape index (κ1) is 22.2. The average molecular weight is 461 g/mol. The molecule has 32 heavy (non-hydrogen) atoms. The van der Waals surface area contributed by atoms with Crippen molar-refractivity contribution in [2.45, 2.75) is 34.0 Å². The highest BCUT2D eigenvalue weighted by atomic mass is 32.2. The molecule has 0 fully saturated rings. The first-order valence-electron chi connectivity index (χ1n) is 10.3. The highest BCUT2D eigenvalue weighted by Gasteiger charge is 2.20. The Hall–Kier alpha value is -3.03. The number of anilines is 1. The van der Waals surface area contributed by atoms with Crippen LogP contribution < -0.4 is 5.32 Å². The number of aryl methyl sites for hydroxylation is 1.